The van der Waals surface area contributed by atoms with Gasteiger partial charge in [0.25, 0.3) is 0 Å². The monoisotopic (exact) mass is 311 g/mol. The van der Waals surface area contributed by atoms with Crippen molar-refractivity contribution in [3.8, 4) is 22.6 Å². The standard InChI is InChI=1S/C21H17N3/c1-14-9-10-16-13-17(18-7-3-5-11-22-18)21(24-20(16)15(14)2)19-8-4-6-12-23-19/h3-13H,1-2H3. The number of hydrogen-bond donors (Lipinski definition) is 0. The van der Waals surface area contributed by atoms with E-state index in [0.29, 0.717) is 0 Å². The van der Waals surface area contributed by atoms with Gasteiger partial charge in [-0.15, -0.1) is 0 Å². The second kappa shape index (κ2) is 5.85. The molecule has 0 saturated heterocycles. The molecule has 0 saturated carbocycles. The van der Waals surface area contributed by atoms with Gasteiger partial charge in [0.15, 0.2) is 0 Å². The zero-order chi connectivity index (χ0) is 16.5. The van der Waals surface area contributed by atoms with Crippen molar-refractivity contribution >= 4 is 10.9 Å². The quantitative estimate of drug-likeness (QED) is 0.524. The van der Waals surface area contributed by atoms with E-state index in [1.54, 1.807) is 6.20 Å². The largest absolute Gasteiger partial charge is 0.256 e. The second-order valence-corrected chi connectivity index (χ2v) is 5.89. The van der Waals surface area contributed by atoms with Crippen molar-refractivity contribution in [2.24, 2.45) is 0 Å². The molecule has 0 aliphatic rings. The van der Waals surface area contributed by atoms with E-state index in [4.69, 9.17) is 4.98 Å². The van der Waals surface area contributed by atoms with Crippen molar-refractivity contribution in [1.29, 1.82) is 0 Å². The highest BCUT2D eigenvalue weighted by atomic mass is 14.8. The summed E-state index contributed by atoms with van der Waals surface area (Å²) in [5.41, 5.74) is 7.12. The van der Waals surface area contributed by atoms with E-state index in [2.05, 4.69) is 42.0 Å². The Hall–Kier alpha value is -3.07. The first-order chi connectivity index (χ1) is 11.7. The molecule has 24 heavy (non-hydrogen) atoms. The van der Waals surface area contributed by atoms with E-state index < -0.39 is 0 Å². The molecule has 4 aromatic rings. The van der Waals surface area contributed by atoms with Crippen molar-refractivity contribution in [2.45, 2.75) is 13.8 Å². The van der Waals surface area contributed by atoms with Crippen LogP contribution in [0.1, 0.15) is 11.1 Å². The van der Waals surface area contributed by atoms with Crippen molar-refractivity contribution in [3.63, 3.8) is 0 Å². The summed E-state index contributed by atoms with van der Waals surface area (Å²) in [4.78, 5) is 14.0. The Bertz CT molecular complexity index is 1010. The predicted molar refractivity (Wildman–Crippen MR) is 97.7 cm³/mol. The summed E-state index contributed by atoms with van der Waals surface area (Å²) in [7, 11) is 0. The zero-order valence-electron chi connectivity index (χ0n) is 13.7. The first-order valence-electron chi connectivity index (χ1n) is 7.98. The van der Waals surface area contributed by atoms with E-state index in [0.717, 1.165) is 33.5 Å². The molecule has 116 valence electrons. The molecule has 0 atom stereocenters. The van der Waals surface area contributed by atoms with Crippen LogP contribution in [0.5, 0.6) is 0 Å². The summed E-state index contributed by atoms with van der Waals surface area (Å²) in [5.74, 6) is 0. The van der Waals surface area contributed by atoms with E-state index in [-0.39, 0.29) is 0 Å². The van der Waals surface area contributed by atoms with Crippen LogP contribution in [0, 0.1) is 13.8 Å². The molecule has 3 heteroatoms. The molecule has 3 aromatic heterocycles. The Labute approximate surface area is 141 Å². The summed E-state index contributed by atoms with van der Waals surface area (Å²) in [6.45, 7) is 4.23. The van der Waals surface area contributed by atoms with Gasteiger partial charge in [0.1, 0.15) is 0 Å². The van der Waals surface area contributed by atoms with Crippen LogP contribution in [0.2, 0.25) is 0 Å². The van der Waals surface area contributed by atoms with Crippen LogP contribution in [-0.4, -0.2) is 15.0 Å². The van der Waals surface area contributed by atoms with Crippen LogP contribution in [0.4, 0.5) is 0 Å². The minimum Gasteiger partial charge on any atom is -0.256 e. The molecule has 0 unspecified atom stereocenters. The maximum atomic E-state index is 4.98. The van der Waals surface area contributed by atoms with Crippen molar-refractivity contribution in [3.05, 3.63) is 78.1 Å². The summed E-state index contributed by atoms with van der Waals surface area (Å²) in [6, 6.07) is 18.3. The Morgan fingerprint density at radius 1 is 0.750 bits per heavy atom. The third-order valence-electron chi connectivity index (χ3n) is 4.36. The SMILES string of the molecule is Cc1ccc2cc(-c3ccccn3)c(-c3ccccn3)nc2c1C. The van der Waals surface area contributed by atoms with Gasteiger partial charge >= 0.3 is 0 Å². The number of aryl methyl sites for hydroxylation is 2. The number of hydrogen-bond acceptors (Lipinski definition) is 3. The fourth-order valence-corrected chi connectivity index (χ4v) is 2.90. The molecule has 0 aliphatic heterocycles. The van der Waals surface area contributed by atoms with E-state index in [9.17, 15) is 0 Å². The predicted octanol–water partition coefficient (Wildman–Crippen LogP) is 4.98. The molecule has 0 fully saturated rings. The molecule has 3 heterocycles. The summed E-state index contributed by atoms with van der Waals surface area (Å²) < 4.78 is 0. The molecule has 0 radical (unpaired) electrons. The fourth-order valence-electron chi connectivity index (χ4n) is 2.90. The lowest BCUT2D eigenvalue weighted by atomic mass is 9.99. The summed E-state index contributed by atoms with van der Waals surface area (Å²) in [6.07, 6.45) is 3.61. The smallest absolute Gasteiger partial charge is 0.0987 e. The van der Waals surface area contributed by atoms with Crippen molar-refractivity contribution in [2.75, 3.05) is 0 Å². The molecule has 0 bridgehead atoms. The van der Waals surface area contributed by atoms with Crippen molar-refractivity contribution in [1.82, 2.24) is 15.0 Å². The van der Waals surface area contributed by atoms with Crippen LogP contribution in [-0.2, 0) is 0 Å². The Morgan fingerprint density at radius 2 is 1.46 bits per heavy atom. The summed E-state index contributed by atoms with van der Waals surface area (Å²) in [5, 5.41) is 1.12. The number of rotatable bonds is 2. The minimum atomic E-state index is 0.862. The zero-order valence-corrected chi connectivity index (χ0v) is 13.7. The number of pyridine rings is 3. The number of aromatic nitrogens is 3. The topological polar surface area (TPSA) is 38.7 Å². The maximum Gasteiger partial charge on any atom is 0.0987 e. The average Bonchev–Trinajstić information content (AvgIpc) is 2.65. The van der Waals surface area contributed by atoms with Crippen LogP contribution < -0.4 is 0 Å². The third kappa shape index (κ3) is 2.44. The van der Waals surface area contributed by atoms with E-state index in [1.165, 1.54) is 11.1 Å². The average molecular weight is 311 g/mol. The Kier molecular flexibility index (Phi) is 3.54. The first kappa shape index (κ1) is 14.5. The van der Waals surface area contributed by atoms with Crippen LogP contribution in [0.15, 0.2) is 67.0 Å². The molecule has 0 N–H and O–H groups in total. The molecule has 0 amide bonds. The van der Waals surface area contributed by atoms with E-state index in [1.807, 2.05) is 42.6 Å². The van der Waals surface area contributed by atoms with E-state index >= 15 is 0 Å². The fraction of sp³-hybridized carbons (Fsp3) is 0.0952. The molecule has 4 rings (SSSR count). The van der Waals surface area contributed by atoms with Gasteiger partial charge in [-0.05, 0) is 55.3 Å². The molecule has 3 nitrogen and oxygen atoms in total. The van der Waals surface area contributed by atoms with Gasteiger partial charge in [0.2, 0.25) is 0 Å². The third-order valence-corrected chi connectivity index (χ3v) is 4.36. The molecular formula is C21H17N3. The number of benzene rings is 1. The normalized spacial score (nSPS) is 10.9. The number of fused-ring (bicyclic) bond motifs is 1. The highest BCUT2D eigenvalue weighted by molar-refractivity contribution is 5.92. The van der Waals surface area contributed by atoms with Crippen LogP contribution >= 0.6 is 0 Å². The van der Waals surface area contributed by atoms with Gasteiger partial charge in [-0.25, -0.2) is 4.98 Å². The Balaban J connectivity index is 2.08. The molecular weight excluding hydrogens is 294 g/mol. The Morgan fingerprint density at radius 3 is 2.12 bits per heavy atom. The van der Waals surface area contributed by atoms with Gasteiger partial charge in [-0.1, -0.05) is 24.3 Å². The van der Waals surface area contributed by atoms with Gasteiger partial charge in [-0.2, -0.15) is 0 Å². The van der Waals surface area contributed by atoms with Crippen LogP contribution in [0.3, 0.4) is 0 Å². The van der Waals surface area contributed by atoms with Gasteiger partial charge in [0, 0.05) is 23.3 Å². The lowest BCUT2D eigenvalue weighted by Crippen LogP contribution is -1.96. The second-order valence-electron chi connectivity index (χ2n) is 5.89. The highest BCUT2D eigenvalue weighted by Crippen LogP contribution is 2.32. The van der Waals surface area contributed by atoms with Gasteiger partial charge in [-0.3, -0.25) is 9.97 Å². The van der Waals surface area contributed by atoms with Gasteiger partial charge in [0.05, 0.1) is 22.6 Å². The summed E-state index contributed by atoms with van der Waals surface area (Å²) >= 11 is 0. The lowest BCUT2D eigenvalue weighted by Gasteiger charge is -2.12. The maximum absolute atomic E-state index is 4.98. The van der Waals surface area contributed by atoms with Gasteiger partial charge < -0.3 is 0 Å². The minimum absolute atomic E-state index is 0.862. The van der Waals surface area contributed by atoms with Crippen LogP contribution in [0.25, 0.3) is 33.5 Å². The molecule has 0 aliphatic carbocycles. The lowest BCUT2D eigenvalue weighted by molar-refractivity contribution is 1.24. The molecule has 0 spiro atoms. The number of nitrogens with zero attached hydrogens (tertiary/aromatic N) is 3. The van der Waals surface area contributed by atoms with Crippen molar-refractivity contribution < 1.29 is 0 Å². The first-order valence-corrected chi connectivity index (χ1v) is 7.98. The molecule has 1 aromatic carbocycles. The highest BCUT2D eigenvalue weighted by Gasteiger charge is 2.14.